The highest BCUT2D eigenvalue weighted by molar-refractivity contribution is 7.89. The molecule has 0 saturated carbocycles. The number of ether oxygens (including phenoxy) is 3. The van der Waals surface area contributed by atoms with Crippen LogP contribution < -0.4 is 19.1 Å². The summed E-state index contributed by atoms with van der Waals surface area (Å²) in [5.41, 5.74) is 0.796. The van der Waals surface area contributed by atoms with Crippen molar-refractivity contribution in [3.05, 3.63) is 42.1 Å². The number of aromatic nitrogens is 1. The molecule has 0 amide bonds. The summed E-state index contributed by atoms with van der Waals surface area (Å²) < 4.78 is 44.0. The predicted octanol–water partition coefficient (Wildman–Crippen LogP) is 1.41. The lowest BCUT2D eigenvalue weighted by molar-refractivity contribution is 0.122. The van der Waals surface area contributed by atoms with Gasteiger partial charge in [0.25, 0.3) is 0 Å². The molecule has 1 aliphatic rings. The molecule has 1 fully saturated rings. The summed E-state index contributed by atoms with van der Waals surface area (Å²) in [6.07, 6.45) is 1.70. The molecular formula is C18H23N3O5S. The first kappa shape index (κ1) is 19.4. The molecule has 0 atom stereocenters. The van der Waals surface area contributed by atoms with Crippen molar-refractivity contribution in [2.75, 3.05) is 45.4 Å². The molecule has 0 bridgehead atoms. The summed E-state index contributed by atoms with van der Waals surface area (Å²) in [5.74, 6) is 1.45. The third-order valence-corrected chi connectivity index (χ3v) is 5.71. The third kappa shape index (κ3) is 4.49. The topological polar surface area (TPSA) is 90.0 Å². The van der Waals surface area contributed by atoms with E-state index in [9.17, 15) is 8.42 Å². The summed E-state index contributed by atoms with van der Waals surface area (Å²) in [6.45, 7) is 2.82. The Morgan fingerprint density at radius 3 is 2.67 bits per heavy atom. The van der Waals surface area contributed by atoms with Gasteiger partial charge in [0.05, 0.1) is 27.4 Å². The van der Waals surface area contributed by atoms with E-state index in [2.05, 4.69) is 14.6 Å². The predicted molar refractivity (Wildman–Crippen MR) is 101 cm³/mol. The first-order valence-electron chi connectivity index (χ1n) is 8.53. The number of anilines is 1. The average molecular weight is 393 g/mol. The number of morpholine rings is 1. The number of sulfonamides is 1. The molecule has 27 heavy (non-hydrogen) atoms. The molecule has 3 rings (SSSR count). The standard InChI is InChI=1S/C18H23N3O5S/c1-24-15-5-6-16(25-2)17(12-15)27(22,23)20-13-14-4-3-7-19-18(14)21-8-10-26-11-9-21/h3-7,12,20H,8-11,13H2,1-2H3. The minimum atomic E-state index is -3.81. The van der Waals surface area contributed by atoms with Crippen LogP contribution in [0.5, 0.6) is 11.5 Å². The van der Waals surface area contributed by atoms with Gasteiger partial charge < -0.3 is 19.1 Å². The number of nitrogens with one attached hydrogen (secondary N) is 1. The van der Waals surface area contributed by atoms with E-state index in [0.29, 0.717) is 19.0 Å². The Balaban J connectivity index is 1.82. The van der Waals surface area contributed by atoms with Gasteiger partial charge in [0.15, 0.2) is 0 Å². The van der Waals surface area contributed by atoms with Crippen LogP contribution in [0.2, 0.25) is 0 Å². The molecule has 1 saturated heterocycles. The lowest BCUT2D eigenvalue weighted by Crippen LogP contribution is -2.37. The van der Waals surface area contributed by atoms with Gasteiger partial charge in [0.2, 0.25) is 10.0 Å². The number of pyridine rings is 1. The SMILES string of the molecule is COc1ccc(OC)c(S(=O)(=O)NCc2cccnc2N2CCOCC2)c1. The second-order valence-electron chi connectivity index (χ2n) is 5.93. The van der Waals surface area contributed by atoms with Crippen LogP contribution in [0.4, 0.5) is 5.82 Å². The molecule has 1 aliphatic heterocycles. The Bertz CT molecular complexity index is 882. The maximum atomic E-state index is 12.8. The lowest BCUT2D eigenvalue weighted by atomic mass is 10.2. The van der Waals surface area contributed by atoms with E-state index in [1.54, 1.807) is 24.4 Å². The third-order valence-electron chi connectivity index (χ3n) is 4.29. The van der Waals surface area contributed by atoms with Crippen molar-refractivity contribution in [1.82, 2.24) is 9.71 Å². The number of benzene rings is 1. The van der Waals surface area contributed by atoms with Crippen molar-refractivity contribution in [2.24, 2.45) is 0 Å². The van der Waals surface area contributed by atoms with Crippen LogP contribution in [-0.4, -0.2) is 53.9 Å². The minimum absolute atomic E-state index is 0.0289. The van der Waals surface area contributed by atoms with E-state index in [-0.39, 0.29) is 17.2 Å². The molecule has 1 aromatic heterocycles. The highest BCUT2D eigenvalue weighted by Gasteiger charge is 2.22. The van der Waals surface area contributed by atoms with Crippen molar-refractivity contribution in [1.29, 1.82) is 0 Å². The van der Waals surface area contributed by atoms with E-state index >= 15 is 0 Å². The van der Waals surface area contributed by atoms with Crippen LogP contribution >= 0.6 is 0 Å². The smallest absolute Gasteiger partial charge is 0.244 e. The normalized spacial score (nSPS) is 14.8. The first-order chi connectivity index (χ1) is 13.0. The van der Waals surface area contributed by atoms with Crippen molar-refractivity contribution in [3.63, 3.8) is 0 Å². The first-order valence-corrected chi connectivity index (χ1v) is 10.0. The van der Waals surface area contributed by atoms with Gasteiger partial charge in [0.1, 0.15) is 22.2 Å². The average Bonchev–Trinajstić information content (AvgIpc) is 2.72. The summed E-state index contributed by atoms with van der Waals surface area (Å²) >= 11 is 0. The molecular weight excluding hydrogens is 370 g/mol. The fourth-order valence-corrected chi connectivity index (χ4v) is 4.06. The van der Waals surface area contributed by atoms with Gasteiger partial charge in [-0.3, -0.25) is 0 Å². The largest absolute Gasteiger partial charge is 0.497 e. The van der Waals surface area contributed by atoms with Crippen molar-refractivity contribution in [3.8, 4) is 11.5 Å². The molecule has 2 aromatic rings. The lowest BCUT2D eigenvalue weighted by Gasteiger charge is -2.29. The van der Waals surface area contributed by atoms with Crippen LogP contribution in [0.1, 0.15) is 5.56 Å². The second kappa shape index (κ2) is 8.55. The van der Waals surface area contributed by atoms with E-state index in [4.69, 9.17) is 14.2 Å². The van der Waals surface area contributed by atoms with Crippen LogP contribution in [0.15, 0.2) is 41.4 Å². The molecule has 1 N–H and O–H groups in total. The summed E-state index contributed by atoms with van der Waals surface area (Å²) in [7, 11) is -0.896. The molecule has 0 unspecified atom stereocenters. The number of methoxy groups -OCH3 is 2. The fourth-order valence-electron chi connectivity index (χ4n) is 2.87. The zero-order valence-electron chi connectivity index (χ0n) is 15.3. The van der Waals surface area contributed by atoms with Gasteiger partial charge in [-0.05, 0) is 18.2 Å². The van der Waals surface area contributed by atoms with Crippen LogP contribution in [0, 0.1) is 0 Å². The number of hydrogen-bond donors (Lipinski definition) is 1. The van der Waals surface area contributed by atoms with E-state index in [1.165, 1.54) is 20.3 Å². The van der Waals surface area contributed by atoms with Gasteiger partial charge in [-0.15, -0.1) is 0 Å². The molecule has 0 spiro atoms. The van der Waals surface area contributed by atoms with E-state index in [0.717, 1.165) is 24.5 Å². The Morgan fingerprint density at radius 2 is 1.96 bits per heavy atom. The quantitative estimate of drug-likeness (QED) is 0.761. The zero-order chi connectivity index (χ0) is 19.3. The van der Waals surface area contributed by atoms with Crippen LogP contribution in [0.3, 0.4) is 0 Å². The van der Waals surface area contributed by atoms with Crippen molar-refractivity contribution in [2.45, 2.75) is 11.4 Å². The zero-order valence-corrected chi connectivity index (χ0v) is 16.2. The number of rotatable bonds is 7. The van der Waals surface area contributed by atoms with E-state index < -0.39 is 10.0 Å². The van der Waals surface area contributed by atoms with Crippen molar-refractivity contribution < 1.29 is 22.6 Å². The highest BCUT2D eigenvalue weighted by Crippen LogP contribution is 2.28. The van der Waals surface area contributed by atoms with Gasteiger partial charge in [-0.1, -0.05) is 6.07 Å². The van der Waals surface area contributed by atoms with Gasteiger partial charge in [0, 0.05) is 37.5 Å². The van der Waals surface area contributed by atoms with Crippen molar-refractivity contribution >= 4 is 15.8 Å². The molecule has 146 valence electrons. The Morgan fingerprint density at radius 1 is 1.19 bits per heavy atom. The van der Waals surface area contributed by atoms with Crippen LogP contribution in [0.25, 0.3) is 0 Å². The molecule has 9 heteroatoms. The fraction of sp³-hybridized carbons (Fsp3) is 0.389. The van der Waals surface area contributed by atoms with E-state index in [1.807, 2.05) is 6.07 Å². The Hall–Kier alpha value is -2.36. The second-order valence-corrected chi connectivity index (χ2v) is 7.66. The monoisotopic (exact) mass is 393 g/mol. The Kier molecular flexibility index (Phi) is 6.15. The minimum Gasteiger partial charge on any atom is -0.497 e. The molecule has 1 aromatic carbocycles. The maximum absolute atomic E-state index is 12.8. The molecule has 2 heterocycles. The number of nitrogens with zero attached hydrogens (tertiary/aromatic N) is 2. The van der Waals surface area contributed by atoms with Gasteiger partial charge >= 0.3 is 0 Å². The van der Waals surface area contributed by atoms with Crippen LogP contribution in [-0.2, 0) is 21.3 Å². The Labute approximate surface area is 159 Å². The molecule has 0 aliphatic carbocycles. The van der Waals surface area contributed by atoms with Gasteiger partial charge in [-0.25, -0.2) is 18.1 Å². The van der Waals surface area contributed by atoms with Gasteiger partial charge in [-0.2, -0.15) is 0 Å². The molecule has 8 nitrogen and oxygen atoms in total. The maximum Gasteiger partial charge on any atom is 0.244 e. The summed E-state index contributed by atoms with van der Waals surface area (Å²) in [6, 6.07) is 8.31. The summed E-state index contributed by atoms with van der Waals surface area (Å²) in [5, 5.41) is 0. The molecule has 0 radical (unpaired) electrons. The highest BCUT2D eigenvalue weighted by atomic mass is 32.2. The number of hydrogen-bond acceptors (Lipinski definition) is 7. The summed E-state index contributed by atoms with van der Waals surface area (Å²) in [4.78, 5) is 6.55.